The van der Waals surface area contributed by atoms with E-state index in [4.69, 9.17) is 14.4 Å². The van der Waals surface area contributed by atoms with Crippen LogP contribution in [-0.4, -0.2) is 45.0 Å². The number of aliphatic hydroxyl groups excluding tert-OH is 1. The zero-order chi connectivity index (χ0) is 13.1. The molecule has 98 valence electrons. The van der Waals surface area contributed by atoms with E-state index < -0.39 is 16.1 Å². The molecule has 0 fully saturated rings. The molecule has 2 N–H and O–H groups in total. The highest BCUT2D eigenvalue weighted by molar-refractivity contribution is 7.89. The number of nitrogens with zero attached hydrogens (tertiary/aromatic N) is 1. The summed E-state index contributed by atoms with van der Waals surface area (Å²) < 4.78 is 35.9. The molecule has 1 rings (SSSR count). The number of hydrogen-bond acceptors (Lipinski definition) is 6. The van der Waals surface area contributed by atoms with Gasteiger partial charge in [-0.3, -0.25) is 0 Å². The van der Waals surface area contributed by atoms with Gasteiger partial charge in [-0.1, -0.05) is 5.16 Å². The summed E-state index contributed by atoms with van der Waals surface area (Å²) in [4.78, 5) is 0.00653. The third-order valence-corrected chi connectivity index (χ3v) is 3.91. The molecule has 1 heterocycles. The number of aliphatic hydroxyl groups is 1. The van der Waals surface area contributed by atoms with Crippen LogP contribution in [0.25, 0.3) is 0 Å². The summed E-state index contributed by atoms with van der Waals surface area (Å²) in [5, 5.41) is 12.6. The van der Waals surface area contributed by atoms with Crippen LogP contribution in [0, 0.1) is 13.8 Å². The maximum absolute atomic E-state index is 12.0. The normalized spacial score (nSPS) is 13.9. The Morgan fingerprint density at radius 3 is 2.59 bits per heavy atom. The second kappa shape index (κ2) is 5.58. The molecule has 0 bridgehead atoms. The lowest BCUT2D eigenvalue weighted by Crippen LogP contribution is -2.40. The monoisotopic (exact) mass is 264 g/mol. The lowest BCUT2D eigenvalue weighted by molar-refractivity contribution is 0.139. The topological polar surface area (TPSA) is 102 Å². The van der Waals surface area contributed by atoms with Crippen LogP contribution in [0.5, 0.6) is 0 Å². The SMILES string of the molecule is COCC(CO)NS(=O)(=O)c1c(C)noc1C. The summed E-state index contributed by atoms with van der Waals surface area (Å²) in [5.41, 5.74) is 0.282. The largest absolute Gasteiger partial charge is 0.395 e. The molecule has 0 saturated heterocycles. The van der Waals surface area contributed by atoms with Gasteiger partial charge in [0, 0.05) is 7.11 Å². The van der Waals surface area contributed by atoms with Gasteiger partial charge < -0.3 is 14.4 Å². The van der Waals surface area contributed by atoms with Crippen LogP contribution in [0.4, 0.5) is 0 Å². The van der Waals surface area contributed by atoms with Gasteiger partial charge in [0.1, 0.15) is 10.6 Å². The van der Waals surface area contributed by atoms with E-state index >= 15 is 0 Å². The highest BCUT2D eigenvalue weighted by atomic mass is 32.2. The molecule has 0 aliphatic rings. The Morgan fingerprint density at radius 1 is 1.53 bits per heavy atom. The summed E-state index contributed by atoms with van der Waals surface area (Å²) >= 11 is 0. The van der Waals surface area contributed by atoms with Gasteiger partial charge in [-0.2, -0.15) is 0 Å². The Bertz CT molecular complexity index is 448. The fraction of sp³-hybridized carbons (Fsp3) is 0.667. The Morgan fingerprint density at radius 2 is 2.18 bits per heavy atom. The van der Waals surface area contributed by atoms with E-state index in [0.29, 0.717) is 0 Å². The van der Waals surface area contributed by atoms with Crippen molar-refractivity contribution < 1.29 is 22.8 Å². The van der Waals surface area contributed by atoms with Crippen LogP contribution < -0.4 is 4.72 Å². The standard InChI is InChI=1S/C9H16N2O5S/c1-6-9(7(2)16-10-6)17(13,14)11-8(4-12)5-15-3/h8,11-12H,4-5H2,1-3H3. The van der Waals surface area contributed by atoms with Crippen LogP contribution in [0.3, 0.4) is 0 Å². The predicted octanol–water partition coefficient (Wildman–Crippen LogP) is -0.423. The highest BCUT2D eigenvalue weighted by Crippen LogP contribution is 2.18. The Hall–Kier alpha value is -0.960. The molecule has 0 radical (unpaired) electrons. The summed E-state index contributed by atoms with van der Waals surface area (Å²) in [6.45, 7) is 2.78. The minimum absolute atomic E-state index is 0.00653. The van der Waals surface area contributed by atoms with Crippen LogP contribution in [0.2, 0.25) is 0 Å². The Labute approximate surface area is 99.8 Å². The predicted molar refractivity (Wildman–Crippen MR) is 59.0 cm³/mol. The third kappa shape index (κ3) is 3.25. The second-order valence-electron chi connectivity index (χ2n) is 3.61. The van der Waals surface area contributed by atoms with Gasteiger partial charge in [0.25, 0.3) is 0 Å². The van der Waals surface area contributed by atoms with E-state index in [1.807, 2.05) is 0 Å². The van der Waals surface area contributed by atoms with Crippen molar-refractivity contribution in [1.82, 2.24) is 9.88 Å². The van der Waals surface area contributed by atoms with Crippen molar-refractivity contribution in [2.75, 3.05) is 20.3 Å². The number of aryl methyl sites for hydroxylation is 2. The van der Waals surface area contributed by atoms with Crippen molar-refractivity contribution >= 4 is 10.0 Å². The van der Waals surface area contributed by atoms with E-state index in [-0.39, 0.29) is 29.6 Å². The van der Waals surface area contributed by atoms with Crippen molar-refractivity contribution in [3.63, 3.8) is 0 Å². The maximum Gasteiger partial charge on any atom is 0.246 e. The van der Waals surface area contributed by atoms with Crippen molar-refractivity contribution in [2.24, 2.45) is 0 Å². The zero-order valence-electron chi connectivity index (χ0n) is 9.93. The molecule has 0 amide bonds. The first-order valence-electron chi connectivity index (χ1n) is 4.97. The first-order valence-corrected chi connectivity index (χ1v) is 6.45. The first-order chi connectivity index (χ1) is 7.92. The number of aromatic nitrogens is 1. The average Bonchev–Trinajstić information content (AvgIpc) is 2.58. The van der Waals surface area contributed by atoms with Gasteiger partial charge in [-0.15, -0.1) is 0 Å². The van der Waals surface area contributed by atoms with E-state index in [1.165, 1.54) is 21.0 Å². The fourth-order valence-corrected chi connectivity index (χ4v) is 3.00. The van der Waals surface area contributed by atoms with E-state index in [2.05, 4.69) is 9.88 Å². The molecule has 1 aromatic rings. The van der Waals surface area contributed by atoms with Gasteiger partial charge in [0.15, 0.2) is 5.76 Å². The summed E-state index contributed by atoms with van der Waals surface area (Å²) in [7, 11) is -2.33. The molecule has 1 unspecified atom stereocenters. The van der Waals surface area contributed by atoms with E-state index in [9.17, 15) is 8.42 Å². The molecular formula is C9H16N2O5S. The van der Waals surface area contributed by atoms with Crippen LogP contribution in [0.1, 0.15) is 11.5 Å². The maximum atomic E-state index is 12.0. The molecule has 0 spiro atoms. The number of ether oxygens (including phenoxy) is 1. The van der Waals surface area contributed by atoms with Gasteiger partial charge in [-0.25, -0.2) is 13.1 Å². The number of methoxy groups -OCH3 is 1. The summed E-state index contributed by atoms with van der Waals surface area (Å²) in [5.74, 6) is 0.212. The smallest absolute Gasteiger partial charge is 0.246 e. The van der Waals surface area contributed by atoms with E-state index in [0.717, 1.165) is 0 Å². The van der Waals surface area contributed by atoms with Crippen molar-refractivity contribution in [3.05, 3.63) is 11.5 Å². The number of nitrogens with one attached hydrogen (secondary N) is 1. The average molecular weight is 264 g/mol. The summed E-state index contributed by atoms with van der Waals surface area (Å²) in [6, 6.07) is -0.696. The van der Waals surface area contributed by atoms with Crippen molar-refractivity contribution in [3.8, 4) is 0 Å². The fourth-order valence-electron chi connectivity index (χ4n) is 1.46. The molecule has 0 aromatic carbocycles. The van der Waals surface area contributed by atoms with Crippen molar-refractivity contribution in [2.45, 2.75) is 24.8 Å². The molecule has 7 nitrogen and oxygen atoms in total. The number of rotatable bonds is 6. The summed E-state index contributed by atoms with van der Waals surface area (Å²) in [6.07, 6.45) is 0. The second-order valence-corrected chi connectivity index (χ2v) is 5.26. The van der Waals surface area contributed by atoms with Crippen molar-refractivity contribution in [1.29, 1.82) is 0 Å². The molecule has 0 aliphatic carbocycles. The lowest BCUT2D eigenvalue weighted by Gasteiger charge is -2.14. The Balaban J connectivity index is 2.96. The van der Waals surface area contributed by atoms with Gasteiger partial charge in [-0.05, 0) is 13.8 Å². The zero-order valence-corrected chi connectivity index (χ0v) is 10.7. The minimum atomic E-state index is -3.76. The number of sulfonamides is 1. The third-order valence-electron chi connectivity index (χ3n) is 2.15. The lowest BCUT2D eigenvalue weighted by atomic mass is 10.4. The molecule has 0 saturated carbocycles. The quantitative estimate of drug-likeness (QED) is 0.723. The van der Waals surface area contributed by atoms with Crippen LogP contribution in [-0.2, 0) is 14.8 Å². The van der Waals surface area contributed by atoms with Gasteiger partial charge in [0.05, 0.1) is 19.3 Å². The highest BCUT2D eigenvalue weighted by Gasteiger charge is 2.26. The molecule has 1 atom stereocenters. The molecule has 0 aliphatic heterocycles. The molecule has 17 heavy (non-hydrogen) atoms. The molecule has 1 aromatic heterocycles. The Kier molecular flexibility index (Phi) is 4.63. The first kappa shape index (κ1) is 14.1. The van der Waals surface area contributed by atoms with E-state index in [1.54, 1.807) is 0 Å². The molecular weight excluding hydrogens is 248 g/mol. The van der Waals surface area contributed by atoms with Gasteiger partial charge in [0.2, 0.25) is 10.0 Å². The number of hydrogen-bond donors (Lipinski definition) is 2. The molecule has 8 heteroatoms. The van der Waals surface area contributed by atoms with Crippen LogP contribution >= 0.6 is 0 Å². The minimum Gasteiger partial charge on any atom is -0.395 e. The van der Waals surface area contributed by atoms with Gasteiger partial charge >= 0.3 is 0 Å². The van der Waals surface area contributed by atoms with Crippen LogP contribution in [0.15, 0.2) is 9.42 Å².